The van der Waals surface area contributed by atoms with E-state index in [2.05, 4.69) is 25.9 Å². The first-order chi connectivity index (χ1) is 8.63. The van der Waals surface area contributed by atoms with E-state index in [1.165, 1.54) is 31.6 Å². The van der Waals surface area contributed by atoms with E-state index in [0.29, 0.717) is 4.47 Å². The van der Waals surface area contributed by atoms with Gasteiger partial charge in [0.15, 0.2) is 5.69 Å². The lowest BCUT2D eigenvalue weighted by Crippen LogP contribution is -2.08. The Kier molecular flexibility index (Phi) is 3.66. The first-order valence-electron chi connectivity index (χ1n) is 4.98. The zero-order valence-corrected chi connectivity index (χ0v) is 10.9. The molecular weight excluding hydrogens is 303 g/mol. The third-order valence-corrected chi connectivity index (χ3v) is 2.94. The number of halogens is 2. The molecule has 1 heterocycles. The standard InChI is InChI=1S/C12H8BrFN2O2/c1-18-12-10(15-4-5-16-12)11(17)8-6-7(14)2-3-9(8)13/h2-6H,1H3. The molecule has 18 heavy (non-hydrogen) atoms. The maximum Gasteiger partial charge on any atom is 0.243 e. The summed E-state index contributed by atoms with van der Waals surface area (Å²) >= 11 is 3.20. The number of aromatic nitrogens is 2. The van der Waals surface area contributed by atoms with Gasteiger partial charge in [-0.25, -0.2) is 14.4 Å². The first kappa shape index (κ1) is 12.6. The van der Waals surface area contributed by atoms with Gasteiger partial charge in [-0.3, -0.25) is 4.79 Å². The number of nitrogens with zero attached hydrogens (tertiary/aromatic N) is 2. The predicted octanol–water partition coefficient (Wildman–Crippen LogP) is 2.62. The van der Waals surface area contributed by atoms with Gasteiger partial charge in [0.05, 0.1) is 7.11 Å². The number of hydrogen-bond donors (Lipinski definition) is 0. The van der Waals surface area contributed by atoms with E-state index in [4.69, 9.17) is 4.74 Å². The molecule has 0 radical (unpaired) electrons. The van der Waals surface area contributed by atoms with Crippen LogP contribution in [0.4, 0.5) is 4.39 Å². The average molecular weight is 311 g/mol. The van der Waals surface area contributed by atoms with Gasteiger partial charge in [-0.15, -0.1) is 0 Å². The number of ether oxygens (including phenoxy) is 1. The molecule has 0 amide bonds. The van der Waals surface area contributed by atoms with Gasteiger partial charge in [0.2, 0.25) is 11.7 Å². The lowest BCUT2D eigenvalue weighted by molar-refractivity contribution is 0.102. The van der Waals surface area contributed by atoms with Crippen LogP contribution < -0.4 is 4.74 Å². The van der Waals surface area contributed by atoms with Crippen molar-refractivity contribution in [1.82, 2.24) is 9.97 Å². The highest BCUT2D eigenvalue weighted by molar-refractivity contribution is 9.10. The lowest BCUT2D eigenvalue weighted by atomic mass is 10.1. The molecule has 1 aromatic carbocycles. The van der Waals surface area contributed by atoms with E-state index in [1.54, 1.807) is 0 Å². The number of carbonyl (C=O) groups is 1. The van der Waals surface area contributed by atoms with E-state index in [9.17, 15) is 9.18 Å². The average Bonchev–Trinajstić information content (AvgIpc) is 2.40. The molecule has 0 N–H and O–H groups in total. The van der Waals surface area contributed by atoms with Crippen molar-refractivity contribution < 1.29 is 13.9 Å². The van der Waals surface area contributed by atoms with E-state index < -0.39 is 11.6 Å². The van der Waals surface area contributed by atoms with Crippen LogP contribution in [0.3, 0.4) is 0 Å². The molecule has 0 saturated carbocycles. The van der Waals surface area contributed by atoms with Gasteiger partial charge in [0.1, 0.15) is 5.82 Å². The van der Waals surface area contributed by atoms with Crippen LogP contribution in [-0.2, 0) is 0 Å². The van der Waals surface area contributed by atoms with Gasteiger partial charge in [-0.2, -0.15) is 0 Å². The number of ketones is 1. The lowest BCUT2D eigenvalue weighted by Gasteiger charge is -2.06. The summed E-state index contributed by atoms with van der Waals surface area (Å²) in [4.78, 5) is 20.0. The second-order valence-corrected chi connectivity index (χ2v) is 4.22. The molecule has 0 unspecified atom stereocenters. The fraction of sp³-hybridized carbons (Fsp3) is 0.0833. The Labute approximate surface area is 111 Å². The van der Waals surface area contributed by atoms with E-state index in [1.807, 2.05) is 0 Å². The van der Waals surface area contributed by atoms with Gasteiger partial charge in [0.25, 0.3) is 0 Å². The summed E-state index contributed by atoms with van der Waals surface area (Å²) < 4.78 is 18.6. The van der Waals surface area contributed by atoms with Crippen LogP contribution in [0.1, 0.15) is 16.1 Å². The normalized spacial score (nSPS) is 10.2. The summed E-state index contributed by atoms with van der Waals surface area (Å²) in [5.74, 6) is -0.839. The van der Waals surface area contributed by atoms with Crippen LogP contribution in [0.5, 0.6) is 5.88 Å². The minimum absolute atomic E-state index is 0.0475. The Balaban J connectivity index is 2.51. The van der Waals surface area contributed by atoms with Crippen molar-refractivity contribution in [3.8, 4) is 5.88 Å². The zero-order valence-electron chi connectivity index (χ0n) is 9.35. The number of methoxy groups -OCH3 is 1. The molecule has 0 atom stereocenters. The predicted molar refractivity (Wildman–Crippen MR) is 66.1 cm³/mol. The van der Waals surface area contributed by atoms with Crippen molar-refractivity contribution in [3.05, 3.63) is 52.1 Å². The van der Waals surface area contributed by atoms with Crippen LogP contribution in [0, 0.1) is 5.82 Å². The molecule has 2 aromatic rings. The van der Waals surface area contributed by atoms with Crippen molar-refractivity contribution in [2.45, 2.75) is 0 Å². The first-order valence-corrected chi connectivity index (χ1v) is 5.77. The molecule has 92 valence electrons. The summed E-state index contributed by atoms with van der Waals surface area (Å²) in [6, 6.07) is 3.86. The Morgan fingerprint density at radius 3 is 2.78 bits per heavy atom. The topological polar surface area (TPSA) is 52.1 Å². The number of hydrogen-bond acceptors (Lipinski definition) is 4. The highest BCUT2D eigenvalue weighted by Crippen LogP contribution is 2.23. The molecule has 0 bridgehead atoms. The van der Waals surface area contributed by atoms with Gasteiger partial charge in [-0.1, -0.05) is 15.9 Å². The summed E-state index contributed by atoms with van der Waals surface area (Å²) in [6.45, 7) is 0. The summed E-state index contributed by atoms with van der Waals surface area (Å²) in [6.07, 6.45) is 2.79. The molecule has 0 aliphatic heterocycles. The largest absolute Gasteiger partial charge is 0.479 e. The van der Waals surface area contributed by atoms with Crippen molar-refractivity contribution in [3.63, 3.8) is 0 Å². The third kappa shape index (κ3) is 2.38. The van der Waals surface area contributed by atoms with Crippen LogP contribution in [-0.4, -0.2) is 22.9 Å². The van der Waals surface area contributed by atoms with Crippen LogP contribution in [0.25, 0.3) is 0 Å². The van der Waals surface area contributed by atoms with Crippen molar-refractivity contribution >= 4 is 21.7 Å². The SMILES string of the molecule is COc1nccnc1C(=O)c1cc(F)ccc1Br. The Morgan fingerprint density at radius 1 is 1.33 bits per heavy atom. The van der Waals surface area contributed by atoms with E-state index >= 15 is 0 Å². The fourth-order valence-electron chi connectivity index (χ4n) is 1.43. The molecule has 0 spiro atoms. The van der Waals surface area contributed by atoms with Crippen LogP contribution >= 0.6 is 15.9 Å². The molecule has 0 aliphatic rings. The van der Waals surface area contributed by atoms with Gasteiger partial charge in [0, 0.05) is 22.4 Å². The van der Waals surface area contributed by atoms with E-state index in [-0.39, 0.29) is 17.1 Å². The highest BCUT2D eigenvalue weighted by atomic mass is 79.9. The number of carbonyl (C=O) groups excluding carboxylic acids is 1. The van der Waals surface area contributed by atoms with Crippen molar-refractivity contribution in [2.75, 3.05) is 7.11 Å². The highest BCUT2D eigenvalue weighted by Gasteiger charge is 2.19. The van der Waals surface area contributed by atoms with Crippen molar-refractivity contribution in [1.29, 1.82) is 0 Å². The smallest absolute Gasteiger partial charge is 0.243 e. The maximum absolute atomic E-state index is 13.2. The van der Waals surface area contributed by atoms with Crippen LogP contribution in [0.15, 0.2) is 35.1 Å². The van der Waals surface area contributed by atoms with E-state index in [0.717, 1.165) is 6.07 Å². The zero-order chi connectivity index (χ0) is 13.1. The number of rotatable bonds is 3. The number of benzene rings is 1. The van der Waals surface area contributed by atoms with Crippen molar-refractivity contribution in [2.24, 2.45) is 0 Å². The second kappa shape index (κ2) is 5.22. The monoisotopic (exact) mass is 310 g/mol. The Bertz CT molecular complexity index is 604. The van der Waals surface area contributed by atoms with Crippen LogP contribution in [0.2, 0.25) is 0 Å². The molecule has 4 nitrogen and oxygen atoms in total. The summed E-state index contributed by atoms with van der Waals surface area (Å²) in [5, 5.41) is 0. The van der Waals surface area contributed by atoms with Gasteiger partial charge in [-0.05, 0) is 18.2 Å². The molecule has 6 heteroatoms. The minimum atomic E-state index is -0.496. The molecular formula is C12H8BrFN2O2. The maximum atomic E-state index is 13.2. The third-order valence-electron chi connectivity index (χ3n) is 2.25. The fourth-order valence-corrected chi connectivity index (χ4v) is 1.86. The Hall–Kier alpha value is -1.82. The second-order valence-electron chi connectivity index (χ2n) is 3.37. The summed E-state index contributed by atoms with van der Waals surface area (Å²) in [5.41, 5.74) is 0.222. The molecule has 0 aliphatic carbocycles. The molecule has 2 rings (SSSR count). The quantitative estimate of drug-likeness (QED) is 0.818. The Morgan fingerprint density at radius 2 is 2.06 bits per heavy atom. The minimum Gasteiger partial charge on any atom is -0.479 e. The van der Waals surface area contributed by atoms with Gasteiger partial charge < -0.3 is 4.74 Å². The molecule has 1 aromatic heterocycles. The molecule has 0 fully saturated rings. The summed E-state index contributed by atoms with van der Waals surface area (Å²) in [7, 11) is 1.39. The van der Waals surface area contributed by atoms with Gasteiger partial charge >= 0.3 is 0 Å². The molecule has 0 saturated heterocycles.